The van der Waals surface area contributed by atoms with Crippen molar-refractivity contribution in [3.8, 4) is 0 Å². The highest BCUT2D eigenvalue weighted by atomic mass is 16.2. The highest BCUT2D eigenvalue weighted by Gasteiger charge is 2.11. The number of aromatic nitrogens is 1. The van der Waals surface area contributed by atoms with Crippen LogP contribution in [-0.2, 0) is 4.79 Å². The molecule has 0 aliphatic heterocycles. The van der Waals surface area contributed by atoms with E-state index < -0.39 is 0 Å². The fourth-order valence-corrected chi connectivity index (χ4v) is 1.86. The van der Waals surface area contributed by atoms with E-state index in [1.807, 2.05) is 56.3 Å². The lowest BCUT2D eigenvalue weighted by Crippen LogP contribution is -2.34. The number of pyridine rings is 1. The second-order valence-electron chi connectivity index (χ2n) is 5.17. The molecule has 0 saturated heterocycles. The lowest BCUT2D eigenvalue weighted by Gasteiger charge is -2.13. The number of benzene rings is 1. The van der Waals surface area contributed by atoms with Crippen LogP contribution >= 0.6 is 0 Å². The van der Waals surface area contributed by atoms with Crippen molar-refractivity contribution in [2.75, 3.05) is 5.32 Å². The van der Waals surface area contributed by atoms with Gasteiger partial charge in [-0.2, -0.15) is 5.10 Å². The fourth-order valence-electron chi connectivity index (χ4n) is 1.86. The number of carbonyl (C=O) groups is 1. The lowest BCUT2D eigenvalue weighted by molar-refractivity contribution is -0.121. The predicted molar refractivity (Wildman–Crippen MR) is 89.0 cm³/mol. The molecule has 5 nitrogen and oxygen atoms in total. The molecule has 0 saturated carbocycles. The highest BCUT2D eigenvalue weighted by molar-refractivity contribution is 5.85. The van der Waals surface area contributed by atoms with Crippen LogP contribution in [0.2, 0.25) is 0 Å². The third kappa shape index (κ3) is 4.70. The molecule has 2 aromatic rings. The molecule has 1 atom stereocenters. The molecule has 114 valence electrons. The number of hydrogen-bond donors (Lipinski definition) is 2. The van der Waals surface area contributed by atoms with Gasteiger partial charge in [0.1, 0.15) is 6.04 Å². The minimum Gasteiger partial charge on any atom is -0.374 e. The SMILES string of the molecule is Cc1ccc(N[C@H](C)C(=O)N/N=C\c2cccc(C)n2)cc1. The predicted octanol–water partition coefficient (Wildman–Crippen LogP) is 2.65. The second kappa shape index (κ2) is 7.36. The van der Waals surface area contributed by atoms with Crippen LogP contribution in [0.15, 0.2) is 47.6 Å². The highest BCUT2D eigenvalue weighted by Crippen LogP contribution is 2.09. The van der Waals surface area contributed by atoms with Crippen molar-refractivity contribution in [1.82, 2.24) is 10.4 Å². The molecule has 1 aromatic carbocycles. The van der Waals surface area contributed by atoms with Crippen molar-refractivity contribution in [1.29, 1.82) is 0 Å². The van der Waals surface area contributed by atoms with E-state index >= 15 is 0 Å². The van der Waals surface area contributed by atoms with Gasteiger partial charge in [0.25, 0.3) is 5.91 Å². The Kier molecular flexibility index (Phi) is 5.25. The topological polar surface area (TPSA) is 66.4 Å². The van der Waals surface area contributed by atoms with Crippen LogP contribution in [0.3, 0.4) is 0 Å². The van der Waals surface area contributed by atoms with Gasteiger partial charge in [0.15, 0.2) is 0 Å². The van der Waals surface area contributed by atoms with Gasteiger partial charge in [0.05, 0.1) is 11.9 Å². The Hall–Kier alpha value is -2.69. The van der Waals surface area contributed by atoms with Gasteiger partial charge in [-0.1, -0.05) is 23.8 Å². The normalized spacial score (nSPS) is 12.1. The molecule has 5 heteroatoms. The number of nitrogens with zero attached hydrogens (tertiary/aromatic N) is 2. The fraction of sp³-hybridized carbons (Fsp3) is 0.235. The Morgan fingerprint density at radius 3 is 2.59 bits per heavy atom. The molecular weight excluding hydrogens is 276 g/mol. The van der Waals surface area contributed by atoms with E-state index in [2.05, 4.69) is 20.8 Å². The number of rotatable bonds is 5. The molecule has 22 heavy (non-hydrogen) atoms. The number of hydrogen-bond acceptors (Lipinski definition) is 4. The number of aryl methyl sites for hydroxylation is 2. The smallest absolute Gasteiger partial charge is 0.262 e. The molecule has 0 fully saturated rings. The first kappa shape index (κ1) is 15.7. The zero-order valence-corrected chi connectivity index (χ0v) is 13.0. The van der Waals surface area contributed by atoms with E-state index in [1.54, 1.807) is 6.92 Å². The Morgan fingerprint density at radius 1 is 1.18 bits per heavy atom. The summed E-state index contributed by atoms with van der Waals surface area (Å²) in [6, 6.07) is 13.1. The van der Waals surface area contributed by atoms with Crippen molar-refractivity contribution >= 4 is 17.8 Å². The summed E-state index contributed by atoms with van der Waals surface area (Å²) >= 11 is 0. The Bertz CT molecular complexity index is 665. The first-order valence-electron chi connectivity index (χ1n) is 7.14. The zero-order chi connectivity index (χ0) is 15.9. The van der Waals surface area contributed by atoms with Crippen LogP contribution in [-0.4, -0.2) is 23.1 Å². The van der Waals surface area contributed by atoms with Crippen molar-refractivity contribution in [3.05, 3.63) is 59.4 Å². The summed E-state index contributed by atoms with van der Waals surface area (Å²) in [7, 11) is 0. The van der Waals surface area contributed by atoms with Gasteiger partial charge < -0.3 is 5.32 Å². The summed E-state index contributed by atoms with van der Waals surface area (Å²) in [5.41, 5.74) is 6.20. The zero-order valence-electron chi connectivity index (χ0n) is 13.0. The van der Waals surface area contributed by atoms with Gasteiger partial charge in [-0.05, 0) is 45.0 Å². The Labute approximate surface area is 130 Å². The number of carbonyl (C=O) groups excluding carboxylic acids is 1. The monoisotopic (exact) mass is 296 g/mol. The molecule has 0 bridgehead atoms. The van der Waals surface area contributed by atoms with E-state index in [0.717, 1.165) is 11.4 Å². The number of hydrazone groups is 1. The maximum absolute atomic E-state index is 12.0. The van der Waals surface area contributed by atoms with Crippen LogP contribution in [0.4, 0.5) is 5.69 Å². The average Bonchev–Trinajstić information content (AvgIpc) is 2.49. The minimum atomic E-state index is -0.384. The standard InChI is InChI=1S/C17H20N4O/c1-12-7-9-15(10-8-12)20-14(3)17(22)21-18-11-16-6-4-5-13(2)19-16/h4-11,14,20H,1-3H3,(H,21,22)/b18-11-/t14-/m1/s1. The molecule has 2 N–H and O–H groups in total. The van der Waals surface area contributed by atoms with Gasteiger partial charge in [-0.25, -0.2) is 5.43 Å². The average molecular weight is 296 g/mol. The summed E-state index contributed by atoms with van der Waals surface area (Å²) in [5, 5.41) is 7.06. The van der Waals surface area contributed by atoms with Crippen molar-refractivity contribution < 1.29 is 4.79 Å². The van der Waals surface area contributed by atoms with Crippen LogP contribution in [0.5, 0.6) is 0 Å². The number of nitrogens with one attached hydrogen (secondary N) is 2. The minimum absolute atomic E-state index is 0.204. The summed E-state index contributed by atoms with van der Waals surface area (Å²) in [6.45, 7) is 5.72. The maximum atomic E-state index is 12.0. The molecular formula is C17H20N4O. The summed E-state index contributed by atoms with van der Waals surface area (Å²) in [6.07, 6.45) is 1.53. The first-order valence-corrected chi connectivity index (χ1v) is 7.14. The van der Waals surface area contributed by atoms with Crippen molar-refractivity contribution in [2.45, 2.75) is 26.8 Å². The van der Waals surface area contributed by atoms with Crippen LogP contribution in [0, 0.1) is 13.8 Å². The summed E-state index contributed by atoms with van der Waals surface area (Å²) in [5.74, 6) is -0.204. The second-order valence-corrected chi connectivity index (χ2v) is 5.17. The van der Waals surface area contributed by atoms with Gasteiger partial charge in [0.2, 0.25) is 0 Å². The molecule has 0 aliphatic carbocycles. The number of amides is 1. The molecule has 0 unspecified atom stereocenters. The third-order valence-corrected chi connectivity index (χ3v) is 3.11. The largest absolute Gasteiger partial charge is 0.374 e. The summed E-state index contributed by atoms with van der Waals surface area (Å²) in [4.78, 5) is 16.2. The lowest BCUT2D eigenvalue weighted by atomic mass is 10.2. The molecule has 1 amide bonds. The van der Waals surface area contributed by atoms with Gasteiger partial charge in [-0.3, -0.25) is 9.78 Å². The van der Waals surface area contributed by atoms with Gasteiger partial charge in [0, 0.05) is 11.4 Å². The quantitative estimate of drug-likeness (QED) is 0.658. The van der Waals surface area contributed by atoms with E-state index in [0.29, 0.717) is 5.69 Å². The molecule has 0 radical (unpaired) electrons. The van der Waals surface area contributed by atoms with Crippen LogP contribution in [0.1, 0.15) is 23.9 Å². The van der Waals surface area contributed by atoms with E-state index in [-0.39, 0.29) is 11.9 Å². The maximum Gasteiger partial charge on any atom is 0.262 e. The first-order chi connectivity index (χ1) is 10.5. The molecule has 2 rings (SSSR count). The molecule has 1 heterocycles. The van der Waals surface area contributed by atoms with Crippen LogP contribution < -0.4 is 10.7 Å². The molecule has 1 aromatic heterocycles. The third-order valence-electron chi connectivity index (χ3n) is 3.11. The van der Waals surface area contributed by atoms with E-state index in [4.69, 9.17) is 0 Å². The number of anilines is 1. The molecule has 0 aliphatic rings. The van der Waals surface area contributed by atoms with Crippen molar-refractivity contribution in [3.63, 3.8) is 0 Å². The van der Waals surface area contributed by atoms with E-state index in [9.17, 15) is 4.79 Å². The Morgan fingerprint density at radius 2 is 1.91 bits per heavy atom. The van der Waals surface area contributed by atoms with Crippen molar-refractivity contribution in [2.24, 2.45) is 5.10 Å². The van der Waals surface area contributed by atoms with Gasteiger partial charge in [-0.15, -0.1) is 0 Å². The molecule has 0 spiro atoms. The van der Waals surface area contributed by atoms with E-state index in [1.165, 1.54) is 11.8 Å². The van der Waals surface area contributed by atoms with Crippen LogP contribution in [0.25, 0.3) is 0 Å². The summed E-state index contributed by atoms with van der Waals surface area (Å²) < 4.78 is 0. The Balaban J connectivity index is 1.87. The van der Waals surface area contributed by atoms with Gasteiger partial charge >= 0.3 is 0 Å².